The van der Waals surface area contributed by atoms with Gasteiger partial charge in [0.2, 0.25) is 10.0 Å². The number of sulfonamides is 1. The number of thiophene rings is 1. The molecule has 0 saturated carbocycles. The Morgan fingerprint density at radius 2 is 1.90 bits per heavy atom. The Hall–Kier alpha value is -0.960. The summed E-state index contributed by atoms with van der Waals surface area (Å²) in [5.74, 6) is -0.825. The highest BCUT2D eigenvalue weighted by atomic mass is 32.2. The van der Waals surface area contributed by atoms with Crippen molar-refractivity contribution in [3.63, 3.8) is 0 Å². The van der Waals surface area contributed by atoms with Gasteiger partial charge in [-0.1, -0.05) is 0 Å². The van der Waals surface area contributed by atoms with Gasteiger partial charge in [-0.3, -0.25) is 4.79 Å². The van der Waals surface area contributed by atoms with Crippen molar-refractivity contribution in [2.45, 2.75) is 25.2 Å². The highest BCUT2D eigenvalue weighted by molar-refractivity contribution is 7.89. The zero-order valence-electron chi connectivity index (χ0n) is 12.2. The first-order chi connectivity index (χ1) is 9.80. The molecule has 2 heterocycles. The predicted molar refractivity (Wildman–Crippen MR) is 81.2 cm³/mol. The number of aliphatic carboxylic acids is 1. The van der Waals surface area contributed by atoms with Gasteiger partial charge in [0.1, 0.15) is 0 Å². The summed E-state index contributed by atoms with van der Waals surface area (Å²) >= 11 is 1.49. The van der Waals surface area contributed by atoms with Gasteiger partial charge in [0, 0.05) is 42.5 Å². The van der Waals surface area contributed by atoms with E-state index in [-0.39, 0.29) is 6.42 Å². The first kappa shape index (κ1) is 16.4. The van der Waals surface area contributed by atoms with Gasteiger partial charge in [-0.15, -0.1) is 11.3 Å². The molecule has 0 bridgehead atoms. The summed E-state index contributed by atoms with van der Waals surface area (Å²) in [6.45, 7) is 6.18. The van der Waals surface area contributed by atoms with Crippen molar-refractivity contribution in [1.29, 1.82) is 0 Å². The second-order valence-corrected chi connectivity index (χ2v) is 8.53. The molecule has 0 atom stereocenters. The monoisotopic (exact) mass is 332 g/mol. The topological polar surface area (TPSA) is 77.9 Å². The first-order valence-electron chi connectivity index (χ1n) is 6.82. The zero-order valence-corrected chi connectivity index (χ0v) is 13.8. The van der Waals surface area contributed by atoms with E-state index in [9.17, 15) is 13.2 Å². The second kappa shape index (κ2) is 6.43. The van der Waals surface area contributed by atoms with Crippen LogP contribution in [0.5, 0.6) is 0 Å². The van der Waals surface area contributed by atoms with Gasteiger partial charge >= 0.3 is 5.97 Å². The Morgan fingerprint density at radius 3 is 2.38 bits per heavy atom. The summed E-state index contributed by atoms with van der Waals surface area (Å²) in [6, 6.07) is 1.73. The van der Waals surface area contributed by atoms with E-state index in [1.165, 1.54) is 15.6 Å². The van der Waals surface area contributed by atoms with Crippen molar-refractivity contribution in [1.82, 2.24) is 9.21 Å². The largest absolute Gasteiger partial charge is 0.481 e. The standard InChI is InChI=1S/C13H20N2O4S2/c1-10-9-12(11(2)20-10)21(18,19)15-7-5-14(6-8-15)4-3-13(16)17/h9H,3-8H2,1-2H3,(H,16,17). The summed E-state index contributed by atoms with van der Waals surface area (Å²) in [4.78, 5) is 14.8. The maximum Gasteiger partial charge on any atom is 0.304 e. The van der Waals surface area contributed by atoms with Crippen molar-refractivity contribution in [2.75, 3.05) is 32.7 Å². The van der Waals surface area contributed by atoms with E-state index in [0.717, 1.165) is 9.75 Å². The number of rotatable bonds is 5. The van der Waals surface area contributed by atoms with Crippen LogP contribution in [0.15, 0.2) is 11.0 Å². The Balaban J connectivity index is 2.01. The van der Waals surface area contributed by atoms with Crippen LogP contribution < -0.4 is 0 Å². The van der Waals surface area contributed by atoms with Crippen molar-refractivity contribution in [2.24, 2.45) is 0 Å². The molecule has 1 aromatic rings. The smallest absolute Gasteiger partial charge is 0.304 e. The lowest BCUT2D eigenvalue weighted by Crippen LogP contribution is -2.48. The van der Waals surface area contributed by atoms with Gasteiger partial charge in [-0.2, -0.15) is 4.31 Å². The minimum atomic E-state index is -3.43. The number of hydrogen-bond acceptors (Lipinski definition) is 5. The summed E-state index contributed by atoms with van der Waals surface area (Å²) in [7, 11) is -3.43. The molecular formula is C13H20N2O4S2. The van der Waals surface area contributed by atoms with E-state index in [4.69, 9.17) is 5.11 Å². The average molecular weight is 332 g/mol. The number of hydrogen-bond donors (Lipinski definition) is 1. The molecule has 1 N–H and O–H groups in total. The van der Waals surface area contributed by atoms with Crippen LogP contribution in [-0.4, -0.2) is 61.4 Å². The van der Waals surface area contributed by atoms with Crippen molar-refractivity contribution in [3.05, 3.63) is 15.8 Å². The fraction of sp³-hybridized carbons (Fsp3) is 0.615. The number of aryl methyl sites for hydroxylation is 2. The quantitative estimate of drug-likeness (QED) is 0.875. The molecule has 1 saturated heterocycles. The van der Waals surface area contributed by atoms with Gasteiger partial charge in [0.05, 0.1) is 11.3 Å². The minimum Gasteiger partial charge on any atom is -0.481 e. The zero-order chi connectivity index (χ0) is 15.6. The molecule has 2 rings (SSSR count). The Morgan fingerprint density at radius 1 is 1.29 bits per heavy atom. The maximum atomic E-state index is 12.6. The molecule has 0 amide bonds. The molecule has 0 radical (unpaired) electrons. The van der Waals surface area contributed by atoms with E-state index in [1.54, 1.807) is 6.07 Å². The third-order valence-corrected chi connectivity index (χ3v) is 6.71. The van der Waals surface area contributed by atoms with Crippen LogP contribution in [0.25, 0.3) is 0 Å². The number of nitrogens with zero attached hydrogens (tertiary/aromatic N) is 2. The van der Waals surface area contributed by atoms with Crippen LogP contribution in [0.4, 0.5) is 0 Å². The molecule has 0 aromatic carbocycles. The molecule has 6 nitrogen and oxygen atoms in total. The van der Waals surface area contributed by atoms with Gasteiger partial charge in [-0.05, 0) is 19.9 Å². The molecule has 8 heteroatoms. The molecule has 1 aliphatic rings. The van der Waals surface area contributed by atoms with Crippen LogP contribution >= 0.6 is 11.3 Å². The molecule has 1 fully saturated rings. The summed E-state index contributed by atoms with van der Waals surface area (Å²) in [6.07, 6.45) is 0.0928. The normalized spacial score (nSPS) is 18.0. The number of carbonyl (C=O) groups is 1. The minimum absolute atomic E-state index is 0.0928. The molecule has 21 heavy (non-hydrogen) atoms. The van der Waals surface area contributed by atoms with E-state index in [0.29, 0.717) is 37.6 Å². The van der Waals surface area contributed by atoms with E-state index >= 15 is 0 Å². The van der Waals surface area contributed by atoms with Crippen molar-refractivity contribution < 1.29 is 18.3 Å². The highest BCUT2D eigenvalue weighted by Crippen LogP contribution is 2.28. The molecule has 118 valence electrons. The van der Waals surface area contributed by atoms with E-state index < -0.39 is 16.0 Å². The molecule has 0 spiro atoms. The Kier molecular flexibility index (Phi) is 5.03. The second-order valence-electron chi connectivity index (χ2n) is 5.17. The van der Waals surface area contributed by atoms with Crippen LogP contribution in [-0.2, 0) is 14.8 Å². The lowest BCUT2D eigenvalue weighted by molar-refractivity contribution is -0.137. The number of carboxylic acid groups (broad SMARTS) is 1. The summed E-state index contributed by atoms with van der Waals surface area (Å²) in [5.41, 5.74) is 0. The Bertz CT molecular complexity index is 616. The molecular weight excluding hydrogens is 312 g/mol. The summed E-state index contributed by atoms with van der Waals surface area (Å²) < 4.78 is 26.7. The van der Waals surface area contributed by atoms with Crippen molar-refractivity contribution in [3.8, 4) is 0 Å². The predicted octanol–water partition coefficient (Wildman–Crippen LogP) is 1.15. The van der Waals surface area contributed by atoms with E-state index in [1.807, 2.05) is 18.7 Å². The SMILES string of the molecule is Cc1cc(S(=O)(=O)N2CCN(CCC(=O)O)CC2)c(C)s1. The third-order valence-electron chi connectivity index (χ3n) is 3.59. The summed E-state index contributed by atoms with van der Waals surface area (Å²) in [5, 5.41) is 8.68. The lowest BCUT2D eigenvalue weighted by Gasteiger charge is -2.33. The van der Waals surface area contributed by atoms with Gasteiger partial charge in [0.25, 0.3) is 0 Å². The van der Waals surface area contributed by atoms with Crippen LogP contribution in [0.1, 0.15) is 16.2 Å². The fourth-order valence-corrected chi connectivity index (χ4v) is 5.40. The average Bonchev–Trinajstić information content (AvgIpc) is 2.76. The van der Waals surface area contributed by atoms with Crippen LogP contribution in [0.2, 0.25) is 0 Å². The fourth-order valence-electron chi connectivity index (χ4n) is 2.45. The van der Waals surface area contributed by atoms with Gasteiger partial charge < -0.3 is 10.0 Å². The van der Waals surface area contributed by atoms with Crippen LogP contribution in [0, 0.1) is 13.8 Å². The molecule has 0 unspecified atom stereocenters. The molecule has 1 aromatic heterocycles. The number of carboxylic acids is 1. The third kappa shape index (κ3) is 3.82. The maximum absolute atomic E-state index is 12.6. The molecule has 1 aliphatic heterocycles. The van der Waals surface area contributed by atoms with Crippen molar-refractivity contribution >= 4 is 27.3 Å². The highest BCUT2D eigenvalue weighted by Gasteiger charge is 2.30. The Labute approximate surface area is 129 Å². The first-order valence-corrected chi connectivity index (χ1v) is 9.07. The van der Waals surface area contributed by atoms with Crippen LogP contribution in [0.3, 0.4) is 0 Å². The lowest BCUT2D eigenvalue weighted by atomic mass is 10.3. The van der Waals surface area contributed by atoms with Gasteiger partial charge in [-0.25, -0.2) is 8.42 Å². The van der Waals surface area contributed by atoms with E-state index in [2.05, 4.69) is 0 Å². The number of piperazine rings is 1. The molecule has 0 aliphatic carbocycles. The van der Waals surface area contributed by atoms with Gasteiger partial charge in [0.15, 0.2) is 0 Å².